The molecule has 8 nitrogen and oxygen atoms in total. The van der Waals surface area contributed by atoms with Gasteiger partial charge in [0.1, 0.15) is 35.2 Å². The van der Waals surface area contributed by atoms with Crippen LogP contribution in [-0.2, 0) is 21.5 Å². The number of benzene rings is 3. The van der Waals surface area contributed by atoms with Gasteiger partial charge in [-0.3, -0.25) is 4.79 Å². The number of fused-ring (bicyclic) bond motifs is 1. The quantitative estimate of drug-likeness (QED) is 0.296. The molecule has 214 valence electrons. The largest absolute Gasteiger partial charge is 0.496 e. The molecule has 0 unspecified atom stereocenters. The van der Waals surface area contributed by atoms with Crippen LogP contribution in [0, 0.1) is 12.7 Å². The van der Waals surface area contributed by atoms with Crippen molar-refractivity contribution in [2.45, 2.75) is 52.7 Å². The van der Waals surface area contributed by atoms with Crippen LogP contribution in [0.4, 0.5) is 15.8 Å². The Labute approximate surface area is 235 Å². The molecule has 0 aromatic heterocycles. The minimum Gasteiger partial charge on any atom is -0.496 e. The highest BCUT2D eigenvalue weighted by atomic mass is 32.2. The van der Waals surface area contributed by atoms with Crippen LogP contribution in [-0.4, -0.2) is 39.8 Å². The van der Waals surface area contributed by atoms with Crippen molar-refractivity contribution in [3.63, 3.8) is 0 Å². The summed E-state index contributed by atoms with van der Waals surface area (Å²) in [5.74, 6) is 0.270. The van der Waals surface area contributed by atoms with Gasteiger partial charge >= 0.3 is 10.1 Å². The van der Waals surface area contributed by atoms with Gasteiger partial charge in [-0.15, -0.1) is 0 Å². The SMILES string of the molecule is CCCCS(=O)(=O)Oc1ccc(-c2ccc3c(c2COc2cc(F)ccc2C)N(C)C(=O)C(C)(C)N3)c(OC)c1. The predicted molar refractivity (Wildman–Crippen MR) is 154 cm³/mol. The number of carbonyl (C=O) groups is 1. The molecule has 0 saturated carbocycles. The summed E-state index contributed by atoms with van der Waals surface area (Å²) in [7, 11) is -0.557. The summed E-state index contributed by atoms with van der Waals surface area (Å²) < 4.78 is 55.8. The summed E-state index contributed by atoms with van der Waals surface area (Å²) in [5.41, 5.74) is 3.32. The fraction of sp³-hybridized carbons (Fsp3) is 0.367. The van der Waals surface area contributed by atoms with E-state index in [1.807, 2.05) is 39.8 Å². The van der Waals surface area contributed by atoms with Gasteiger partial charge in [-0.05, 0) is 62.6 Å². The maximum atomic E-state index is 14.0. The van der Waals surface area contributed by atoms with Crippen LogP contribution in [0.2, 0.25) is 0 Å². The van der Waals surface area contributed by atoms with E-state index in [-0.39, 0.29) is 24.0 Å². The lowest BCUT2D eigenvalue weighted by molar-refractivity contribution is -0.121. The zero-order valence-corrected chi connectivity index (χ0v) is 24.4. The van der Waals surface area contributed by atoms with Crippen LogP contribution in [0.3, 0.4) is 0 Å². The second-order valence-electron chi connectivity index (χ2n) is 10.4. The Morgan fingerprint density at radius 3 is 2.45 bits per heavy atom. The van der Waals surface area contributed by atoms with Gasteiger partial charge in [0.2, 0.25) is 0 Å². The Bertz CT molecular complexity index is 1540. The van der Waals surface area contributed by atoms with Crippen LogP contribution in [0.1, 0.15) is 44.7 Å². The standard InChI is InChI=1S/C30H35FN2O6S/c1-7-8-15-40(35,36)39-21-11-12-23(27(17-21)37-6)22-13-14-25-28(33(5)29(34)30(3,4)32-25)24(22)18-38-26-16-20(31)10-9-19(26)2/h9-14,16-17,32H,7-8,15,18H2,1-6H3. The number of ether oxygens (including phenoxy) is 2. The molecule has 3 aromatic carbocycles. The number of anilines is 2. The van der Waals surface area contributed by atoms with E-state index in [2.05, 4.69) is 5.32 Å². The molecule has 0 bridgehead atoms. The third-order valence-electron chi connectivity index (χ3n) is 6.86. The first kappa shape index (κ1) is 29.2. The van der Waals surface area contributed by atoms with E-state index < -0.39 is 21.5 Å². The smallest absolute Gasteiger partial charge is 0.309 e. The third kappa shape index (κ3) is 6.01. The van der Waals surface area contributed by atoms with Crippen molar-refractivity contribution in [3.05, 3.63) is 65.5 Å². The van der Waals surface area contributed by atoms with E-state index >= 15 is 0 Å². The number of aryl methyl sites for hydroxylation is 1. The molecule has 0 atom stereocenters. The lowest BCUT2D eigenvalue weighted by atomic mass is 9.91. The highest BCUT2D eigenvalue weighted by molar-refractivity contribution is 7.87. The number of amides is 1. The molecule has 0 aliphatic carbocycles. The van der Waals surface area contributed by atoms with Crippen LogP contribution < -0.4 is 23.9 Å². The summed E-state index contributed by atoms with van der Waals surface area (Å²) >= 11 is 0. The van der Waals surface area contributed by atoms with E-state index in [4.69, 9.17) is 13.7 Å². The van der Waals surface area contributed by atoms with Crippen molar-refractivity contribution >= 4 is 27.4 Å². The van der Waals surface area contributed by atoms with Gasteiger partial charge in [0.05, 0.1) is 24.2 Å². The molecule has 4 rings (SSSR count). The molecule has 3 aromatic rings. The maximum Gasteiger partial charge on any atom is 0.309 e. The molecule has 40 heavy (non-hydrogen) atoms. The van der Waals surface area contributed by atoms with Crippen molar-refractivity contribution in [3.8, 4) is 28.4 Å². The Kier molecular flexibility index (Phi) is 8.30. The lowest BCUT2D eigenvalue weighted by Gasteiger charge is -2.39. The monoisotopic (exact) mass is 570 g/mol. The molecule has 1 heterocycles. The van der Waals surface area contributed by atoms with Crippen molar-refractivity contribution < 1.29 is 31.3 Å². The number of unbranched alkanes of at least 4 members (excludes halogenated alkanes) is 1. The van der Waals surface area contributed by atoms with E-state index in [1.165, 1.54) is 25.3 Å². The zero-order chi connectivity index (χ0) is 29.2. The minimum atomic E-state index is -3.75. The predicted octanol–water partition coefficient (Wildman–Crippen LogP) is 6.06. The fourth-order valence-corrected chi connectivity index (χ4v) is 5.89. The summed E-state index contributed by atoms with van der Waals surface area (Å²) in [5, 5.41) is 3.31. The van der Waals surface area contributed by atoms with E-state index in [0.29, 0.717) is 40.3 Å². The third-order valence-corrected chi connectivity index (χ3v) is 8.10. The molecule has 1 amide bonds. The molecule has 0 spiro atoms. The van der Waals surface area contributed by atoms with Crippen LogP contribution >= 0.6 is 0 Å². The average Bonchev–Trinajstić information content (AvgIpc) is 2.90. The maximum absolute atomic E-state index is 14.0. The Morgan fingerprint density at radius 1 is 1.02 bits per heavy atom. The molecule has 0 radical (unpaired) electrons. The second-order valence-corrected chi connectivity index (χ2v) is 12.1. The van der Waals surface area contributed by atoms with Gasteiger partial charge in [-0.1, -0.05) is 25.5 Å². The molecule has 1 N–H and O–H groups in total. The Hall–Kier alpha value is -3.79. The van der Waals surface area contributed by atoms with Crippen molar-refractivity contribution in [1.29, 1.82) is 0 Å². The lowest BCUT2D eigenvalue weighted by Crippen LogP contribution is -2.52. The fourth-order valence-electron chi connectivity index (χ4n) is 4.76. The number of methoxy groups -OCH3 is 1. The van der Waals surface area contributed by atoms with Crippen LogP contribution in [0.5, 0.6) is 17.2 Å². The number of rotatable bonds is 10. The summed E-state index contributed by atoms with van der Waals surface area (Å²) in [6.07, 6.45) is 1.23. The second kappa shape index (κ2) is 11.4. The van der Waals surface area contributed by atoms with Gasteiger partial charge in [0.25, 0.3) is 5.91 Å². The summed E-state index contributed by atoms with van der Waals surface area (Å²) in [6, 6.07) is 12.9. The average molecular weight is 571 g/mol. The molecule has 10 heteroatoms. The topological polar surface area (TPSA) is 94.2 Å². The number of hydrogen-bond donors (Lipinski definition) is 1. The van der Waals surface area contributed by atoms with Gasteiger partial charge in [0.15, 0.2) is 0 Å². The van der Waals surface area contributed by atoms with Crippen molar-refractivity contribution in [1.82, 2.24) is 0 Å². The van der Waals surface area contributed by atoms with E-state index in [9.17, 15) is 17.6 Å². The first-order valence-corrected chi connectivity index (χ1v) is 14.7. The number of hydrogen-bond acceptors (Lipinski definition) is 7. The number of nitrogens with zero attached hydrogens (tertiary/aromatic N) is 1. The van der Waals surface area contributed by atoms with Gasteiger partial charge in [0, 0.05) is 30.3 Å². The van der Waals surface area contributed by atoms with Crippen LogP contribution in [0.25, 0.3) is 11.1 Å². The van der Waals surface area contributed by atoms with E-state index in [0.717, 1.165) is 17.7 Å². The van der Waals surface area contributed by atoms with Gasteiger partial charge < -0.3 is 23.9 Å². The normalized spacial score (nSPS) is 14.4. The molecule has 1 aliphatic heterocycles. The summed E-state index contributed by atoms with van der Waals surface area (Å²) in [4.78, 5) is 14.8. The zero-order valence-electron chi connectivity index (χ0n) is 23.6. The molecule has 0 fully saturated rings. The van der Waals surface area contributed by atoms with E-state index in [1.54, 1.807) is 30.1 Å². The highest BCUT2D eigenvalue weighted by Gasteiger charge is 2.38. The van der Waals surface area contributed by atoms with Crippen LogP contribution in [0.15, 0.2) is 48.5 Å². The molecular weight excluding hydrogens is 535 g/mol. The minimum absolute atomic E-state index is 0.0231. The molecule has 1 aliphatic rings. The molecular formula is C30H35FN2O6S. The Morgan fingerprint density at radius 2 is 1.75 bits per heavy atom. The first-order chi connectivity index (χ1) is 18.9. The number of likely N-dealkylation sites (N-methyl/N-ethyl adjacent to an activating group) is 1. The van der Waals surface area contributed by atoms with Gasteiger partial charge in [-0.2, -0.15) is 8.42 Å². The molecule has 0 saturated heterocycles. The van der Waals surface area contributed by atoms with Gasteiger partial charge in [-0.25, -0.2) is 4.39 Å². The van der Waals surface area contributed by atoms with Crippen molar-refractivity contribution in [2.24, 2.45) is 0 Å². The first-order valence-electron chi connectivity index (χ1n) is 13.1. The highest BCUT2D eigenvalue weighted by Crippen LogP contribution is 2.45. The number of nitrogens with one attached hydrogen (secondary N) is 1. The summed E-state index contributed by atoms with van der Waals surface area (Å²) in [6.45, 7) is 7.38. The number of carbonyl (C=O) groups excluding carboxylic acids is 1. The van der Waals surface area contributed by atoms with Crippen molar-refractivity contribution in [2.75, 3.05) is 30.1 Å². The Balaban J connectivity index is 1.82. The number of halogens is 1.